The Balaban J connectivity index is 1.58. The maximum absolute atomic E-state index is 12.9. The molecule has 0 fully saturated rings. The molecule has 3 aromatic rings. The van der Waals surface area contributed by atoms with Gasteiger partial charge in [0.25, 0.3) is 0 Å². The number of fused-ring (bicyclic) bond motifs is 1. The predicted molar refractivity (Wildman–Crippen MR) is 114 cm³/mol. The Morgan fingerprint density at radius 2 is 1.72 bits per heavy atom. The Hall–Kier alpha value is -3.51. The van der Waals surface area contributed by atoms with Gasteiger partial charge >= 0.3 is 6.09 Å². The number of ether oxygens (including phenoxy) is 1. The second-order valence-corrected chi connectivity index (χ2v) is 7.22. The van der Waals surface area contributed by atoms with E-state index in [9.17, 15) is 4.79 Å². The van der Waals surface area contributed by atoms with Crippen LogP contribution in [0.4, 0.5) is 4.79 Å². The number of hydrogen-bond donors (Lipinski definition) is 0. The number of rotatable bonds is 2. The molecule has 0 saturated heterocycles. The van der Waals surface area contributed by atoms with Crippen molar-refractivity contribution in [1.29, 1.82) is 0 Å². The number of benzene rings is 3. The molecule has 1 heterocycles. The molecule has 1 aliphatic rings. The molecule has 0 aromatic heterocycles. The van der Waals surface area contributed by atoms with Gasteiger partial charge in [0.05, 0.1) is 0 Å². The third-order valence-electron chi connectivity index (χ3n) is 5.13. The van der Waals surface area contributed by atoms with Crippen molar-refractivity contribution in [2.75, 3.05) is 6.54 Å². The van der Waals surface area contributed by atoms with E-state index >= 15 is 0 Å². The summed E-state index contributed by atoms with van der Waals surface area (Å²) in [6, 6.07) is 25.7. The highest BCUT2D eigenvalue weighted by Crippen LogP contribution is 2.30. The molecule has 3 nitrogen and oxygen atoms in total. The number of carbonyl (C=O) groups is 1. The summed E-state index contributed by atoms with van der Waals surface area (Å²) in [6.45, 7) is 2.91. The lowest BCUT2D eigenvalue weighted by molar-refractivity contribution is 0.0862. The van der Waals surface area contributed by atoms with Gasteiger partial charge in [-0.15, -0.1) is 0 Å². The highest BCUT2D eigenvalue weighted by Gasteiger charge is 2.30. The smallest absolute Gasteiger partial charge is 0.411 e. The van der Waals surface area contributed by atoms with E-state index in [1.54, 1.807) is 4.90 Å². The molecule has 1 aliphatic heterocycles. The Kier molecular flexibility index (Phi) is 5.63. The quantitative estimate of drug-likeness (QED) is 0.565. The van der Waals surface area contributed by atoms with Gasteiger partial charge in [0.15, 0.2) is 0 Å². The molecule has 0 radical (unpaired) electrons. The third kappa shape index (κ3) is 4.50. The van der Waals surface area contributed by atoms with E-state index < -0.39 is 0 Å². The summed E-state index contributed by atoms with van der Waals surface area (Å²) in [7, 11) is 0. The maximum Gasteiger partial charge on any atom is 0.411 e. The van der Waals surface area contributed by atoms with Crippen LogP contribution in [0.5, 0.6) is 0 Å². The van der Waals surface area contributed by atoms with Crippen molar-refractivity contribution in [2.24, 2.45) is 0 Å². The van der Waals surface area contributed by atoms with Gasteiger partial charge in [-0.1, -0.05) is 84.1 Å². The fourth-order valence-corrected chi connectivity index (χ4v) is 3.51. The number of carbonyl (C=O) groups excluding carboxylic acids is 1. The Labute approximate surface area is 171 Å². The first-order chi connectivity index (χ1) is 14.2. The molecule has 3 aromatic carbocycles. The summed E-state index contributed by atoms with van der Waals surface area (Å²) in [5.41, 5.74) is 5.43. The first-order valence-corrected chi connectivity index (χ1v) is 9.84. The van der Waals surface area contributed by atoms with E-state index in [-0.39, 0.29) is 18.7 Å². The van der Waals surface area contributed by atoms with Crippen LogP contribution in [0.3, 0.4) is 0 Å². The Bertz CT molecular complexity index is 1050. The van der Waals surface area contributed by atoms with Crippen LogP contribution in [-0.2, 0) is 17.8 Å². The Morgan fingerprint density at radius 3 is 2.52 bits per heavy atom. The summed E-state index contributed by atoms with van der Waals surface area (Å²) in [4.78, 5) is 14.6. The van der Waals surface area contributed by atoms with E-state index in [0.717, 1.165) is 23.1 Å². The van der Waals surface area contributed by atoms with Gasteiger partial charge in [-0.3, -0.25) is 4.90 Å². The molecule has 3 heteroatoms. The SMILES string of the molecule is Cc1ccc(C#CC2c3ccccc3CCN2C(=O)OCc2ccccc2)cc1. The van der Waals surface area contributed by atoms with Crippen LogP contribution in [0.15, 0.2) is 78.9 Å². The molecule has 1 unspecified atom stereocenters. The minimum atomic E-state index is -0.327. The lowest BCUT2D eigenvalue weighted by Crippen LogP contribution is -2.39. The van der Waals surface area contributed by atoms with Crippen molar-refractivity contribution in [3.05, 3.63) is 107 Å². The largest absolute Gasteiger partial charge is 0.445 e. The molecule has 0 aliphatic carbocycles. The fraction of sp³-hybridized carbons (Fsp3) is 0.192. The number of hydrogen-bond acceptors (Lipinski definition) is 2. The highest BCUT2D eigenvalue weighted by atomic mass is 16.6. The molecule has 1 amide bonds. The topological polar surface area (TPSA) is 29.5 Å². The summed E-state index contributed by atoms with van der Waals surface area (Å²) in [5, 5.41) is 0. The lowest BCUT2D eigenvalue weighted by Gasteiger charge is -2.33. The van der Waals surface area contributed by atoms with Crippen molar-refractivity contribution >= 4 is 6.09 Å². The van der Waals surface area contributed by atoms with Crippen molar-refractivity contribution in [3.63, 3.8) is 0 Å². The molecule has 1 atom stereocenters. The molecule has 4 rings (SSSR count). The monoisotopic (exact) mass is 381 g/mol. The van der Waals surface area contributed by atoms with Crippen molar-refractivity contribution in [3.8, 4) is 11.8 Å². The highest BCUT2D eigenvalue weighted by molar-refractivity contribution is 5.70. The summed E-state index contributed by atoms with van der Waals surface area (Å²) in [5.74, 6) is 6.56. The molecule has 0 N–H and O–H groups in total. The molecule has 29 heavy (non-hydrogen) atoms. The van der Waals surface area contributed by atoms with Crippen molar-refractivity contribution in [2.45, 2.75) is 26.0 Å². The molecule has 0 saturated carbocycles. The predicted octanol–water partition coefficient (Wildman–Crippen LogP) is 5.28. The Morgan fingerprint density at radius 1 is 1.00 bits per heavy atom. The zero-order valence-corrected chi connectivity index (χ0v) is 16.5. The van der Waals surface area contributed by atoms with E-state index in [2.05, 4.69) is 30.9 Å². The average Bonchev–Trinajstić information content (AvgIpc) is 2.77. The van der Waals surface area contributed by atoms with E-state index in [1.165, 1.54) is 11.1 Å². The van der Waals surface area contributed by atoms with Crippen LogP contribution in [0.25, 0.3) is 0 Å². The first kappa shape index (κ1) is 18.8. The second-order valence-electron chi connectivity index (χ2n) is 7.22. The summed E-state index contributed by atoms with van der Waals surface area (Å²) in [6.07, 6.45) is 0.478. The van der Waals surface area contributed by atoms with Crippen LogP contribution in [-0.4, -0.2) is 17.5 Å². The minimum absolute atomic E-state index is 0.260. The molecular weight excluding hydrogens is 358 g/mol. The summed E-state index contributed by atoms with van der Waals surface area (Å²) < 4.78 is 5.60. The van der Waals surface area contributed by atoms with Crippen molar-refractivity contribution in [1.82, 2.24) is 4.90 Å². The lowest BCUT2D eigenvalue weighted by atomic mass is 9.93. The van der Waals surface area contributed by atoms with Gasteiger partial charge in [-0.2, -0.15) is 0 Å². The van der Waals surface area contributed by atoms with Crippen LogP contribution in [0.1, 0.15) is 33.9 Å². The van der Waals surface area contributed by atoms with E-state index in [1.807, 2.05) is 66.7 Å². The fourth-order valence-electron chi connectivity index (χ4n) is 3.51. The number of amides is 1. The van der Waals surface area contributed by atoms with Gasteiger partial charge in [0.1, 0.15) is 12.6 Å². The van der Waals surface area contributed by atoms with E-state index in [0.29, 0.717) is 6.54 Å². The normalized spacial score (nSPS) is 15.1. The number of aryl methyl sites for hydroxylation is 1. The standard InChI is InChI=1S/C26H23NO2/c1-20-11-13-21(14-12-20)15-16-25-24-10-6-5-9-23(24)17-18-27(25)26(28)29-19-22-7-3-2-4-8-22/h2-14,25H,17-19H2,1H3. The molecular formula is C26H23NO2. The zero-order valence-electron chi connectivity index (χ0n) is 16.5. The van der Waals surface area contributed by atoms with Gasteiger partial charge in [-0.05, 0) is 42.2 Å². The van der Waals surface area contributed by atoms with Gasteiger partial charge < -0.3 is 4.74 Å². The van der Waals surface area contributed by atoms with Gasteiger partial charge in [0.2, 0.25) is 0 Å². The molecule has 0 spiro atoms. The van der Waals surface area contributed by atoms with Gasteiger partial charge in [0, 0.05) is 12.1 Å². The third-order valence-corrected chi connectivity index (χ3v) is 5.13. The average molecular weight is 381 g/mol. The molecule has 144 valence electrons. The molecule has 0 bridgehead atoms. The van der Waals surface area contributed by atoms with Crippen LogP contribution in [0.2, 0.25) is 0 Å². The summed E-state index contributed by atoms with van der Waals surface area (Å²) >= 11 is 0. The van der Waals surface area contributed by atoms with Crippen LogP contribution in [0, 0.1) is 18.8 Å². The van der Waals surface area contributed by atoms with E-state index in [4.69, 9.17) is 4.74 Å². The maximum atomic E-state index is 12.9. The van der Waals surface area contributed by atoms with Gasteiger partial charge in [-0.25, -0.2) is 4.79 Å². The van der Waals surface area contributed by atoms with Crippen LogP contribution < -0.4 is 0 Å². The van der Waals surface area contributed by atoms with Crippen LogP contribution >= 0.6 is 0 Å². The minimum Gasteiger partial charge on any atom is -0.445 e. The number of nitrogens with zero attached hydrogens (tertiary/aromatic N) is 1. The van der Waals surface area contributed by atoms with Crippen molar-refractivity contribution < 1.29 is 9.53 Å². The second kappa shape index (κ2) is 8.67. The first-order valence-electron chi connectivity index (χ1n) is 9.84. The zero-order chi connectivity index (χ0) is 20.1.